The van der Waals surface area contributed by atoms with Crippen LogP contribution in [0.3, 0.4) is 0 Å². The molecule has 0 nitrogen and oxygen atoms in total. The van der Waals surface area contributed by atoms with Crippen molar-refractivity contribution in [3.05, 3.63) is 115 Å². The standard InChI is InChI=1S/C12H16Si.2C5H5.Ti/c1-11(13(2,3)4)10-12-8-6-5-7-9-12;2*1-2-4-5-3-1;/h5-9H,1H2,2-4H3;2*1-5H;/q-2;2*-1;. The summed E-state index contributed by atoms with van der Waals surface area (Å²) in [7, 11) is -1.25. The summed E-state index contributed by atoms with van der Waals surface area (Å²) in [5.41, 5.74) is 1.13. The van der Waals surface area contributed by atoms with E-state index < -0.39 is 8.07 Å². The zero-order valence-electron chi connectivity index (χ0n) is 14.9. The van der Waals surface area contributed by atoms with Crippen LogP contribution >= 0.6 is 0 Å². The SMILES string of the molecule is [CH2-]C(=[C-]c1ccccc1)[Si](C)(C)C.[Ti].c1cc[cH-]c1.c1cc[cH-]c1. The van der Waals surface area contributed by atoms with Crippen molar-refractivity contribution < 1.29 is 21.7 Å². The second-order valence-electron chi connectivity index (χ2n) is 6.14. The summed E-state index contributed by atoms with van der Waals surface area (Å²) in [5.74, 6) is 0. The maximum atomic E-state index is 4.07. The predicted octanol–water partition coefficient (Wildman–Crippen LogP) is 6.28. The molecule has 0 spiro atoms. The molecule has 3 aromatic carbocycles. The summed E-state index contributed by atoms with van der Waals surface area (Å²) in [5, 5.41) is 1.18. The minimum absolute atomic E-state index is 0. The Morgan fingerprint density at radius 3 is 1.50 bits per heavy atom. The van der Waals surface area contributed by atoms with Crippen molar-refractivity contribution >= 4 is 8.07 Å². The fourth-order valence-electron chi connectivity index (χ4n) is 1.52. The Bertz CT molecular complexity index is 554. The van der Waals surface area contributed by atoms with Gasteiger partial charge in [0, 0.05) is 29.8 Å². The van der Waals surface area contributed by atoms with Gasteiger partial charge in [0.05, 0.1) is 0 Å². The Morgan fingerprint density at radius 1 is 0.792 bits per heavy atom. The van der Waals surface area contributed by atoms with Gasteiger partial charge in [0.1, 0.15) is 0 Å². The molecule has 3 rings (SSSR count). The van der Waals surface area contributed by atoms with Gasteiger partial charge in [-0.15, -0.1) is 0 Å². The quantitative estimate of drug-likeness (QED) is 0.370. The van der Waals surface area contributed by atoms with Gasteiger partial charge in [-0.3, -0.25) is 0 Å². The van der Waals surface area contributed by atoms with Crippen LogP contribution in [0.15, 0.2) is 96.2 Å². The molecule has 0 aliphatic carbocycles. The molecular weight excluding hydrogens is 340 g/mol. The van der Waals surface area contributed by atoms with E-state index in [9.17, 15) is 0 Å². The number of hydrogen-bond acceptors (Lipinski definition) is 0. The van der Waals surface area contributed by atoms with Crippen molar-refractivity contribution in [3.8, 4) is 0 Å². The maximum Gasteiger partial charge on any atom is 0.00910 e. The minimum atomic E-state index is -1.25. The third-order valence-corrected chi connectivity index (χ3v) is 5.02. The zero-order chi connectivity index (χ0) is 17.0. The molecule has 0 unspecified atom stereocenters. The first-order valence-corrected chi connectivity index (χ1v) is 11.3. The van der Waals surface area contributed by atoms with Crippen molar-refractivity contribution in [1.82, 2.24) is 0 Å². The monoisotopic (exact) mass is 366 g/mol. The molecule has 0 bridgehead atoms. The topological polar surface area (TPSA) is 0 Å². The number of rotatable bonds is 2. The number of hydrogen-bond donors (Lipinski definition) is 0. The van der Waals surface area contributed by atoms with Crippen molar-refractivity contribution in [2.45, 2.75) is 19.6 Å². The van der Waals surface area contributed by atoms with Gasteiger partial charge >= 0.3 is 0 Å². The van der Waals surface area contributed by atoms with Gasteiger partial charge in [0.15, 0.2) is 0 Å². The van der Waals surface area contributed by atoms with Crippen LogP contribution in [0.5, 0.6) is 0 Å². The second kappa shape index (κ2) is 12.8. The number of allylic oxidation sites excluding steroid dienone is 1. The maximum absolute atomic E-state index is 4.07. The van der Waals surface area contributed by atoms with Gasteiger partial charge < -0.3 is 18.2 Å². The first-order chi connectivity index (χ1) is 11.0. The molecule has 0 N–H and O–H groups in total. The van der Waals surface area contributed by atoms with Crippen LogP contribution in [0, 0.1) is 13.0 Å². The van der Waals surface area contributed by atoms with Crippen molar-refractivity contribution in [2.75, 3.05) is 0 Å². The molecule has 0 aliphatic heterocycles. The van der Waals surface area contributed by atoms with E-state index in [0.29, 0.717) is 0 Å². The third kappa shape index (κ3) is 11.1. The van der Waals surface area contributed by atoms with E-state index in [4.69, 9.17) is 0 Å². The molecule has 0 aromatic heterocycles. The summed E-state index contributed by atoms with van der Waals surface area (Å²) in [6, 6.07) is 30.2. The van der Waals surface area contributed by atoms with Crippen molar-refractivity contribution in [1.29, 1.82) is 0 Å². The van der Waals surface area contributed by atoms with Crippen LogP contribution in [0.4, 0.5) is 0 Å². The molecule has 0 amide bonds. The average molecular weight is 366 g/mol. The molecule has 0 fully saturated rings. The molecule has 126 valence electrons. The second-order valence-corrected chi connectivity index (χ2v) is 11.2. The fraction of sp³-hybridized carbons (Fsp3) is 0.136. The van der Waals surface area contributed by atoms with Crippen LogP contribution < -0.4 is 0 Å². The van der Waals surface area contributed by atoms with Crippen molar-refractivity contribution in [3.63, 3.8) is 0 Å². The Hall–Kier alpha value is -1.54. The predicted molar refractivity (Wildman–Crippen MR) is 105 cm³/mol. The third-order valence-electron chi connectivity index (χ3n) is 3.09. The molecule has 0 heterocycles. The Labute approximate surface area is 163 Å². The summed E-state index contributed by atoms with van der Waals surface area (Å²) in [4.78, 5) is 0. The molecule has 3 aromatic rings. The molecule has 0 saturated carbocycles. The fourth-order valence-corrected chi connectivity index (χ4v) is 2.04. The molecule has 0 aliphatic rings. The largest absolute Gasteiger partial charge is 0.501 e. The van der Waals surface area contributed by atoms with Gasteiger partial charge in [0.25, 0.3) is 0 Å². The average Bonchev–Trinajstić information content (AvgIpc) is 3.26. The first-order valence-electron chi connectivity index (χ1n) is 7.85. The number of benzene rings is 1. The van der Waals surface area contributed by atoms with E-state index in [0.717, 1.165) is 5.56 Å². The van der Waals surface area contributed by atoms with Crippen LogP contribution in [0.1, 0.15) is 5.56 Å². The zero-order valence-corrected chi connectivity index (χ0v) is 17.4. The van der Waals surface area contributed by atoms with E-state index in [2.05, 4.69) is 44.8 Å². The molecule has 24 heavy (non-hydrogen) atoms. The molecular formula is C22H26SiTi-4. The van der Waals surface area contributed by atoms with Gasteiger partial charge in [-0.1, -0.05) is 50.0 Å². The summed E-state index contributed by atoms with van der Waals surface area (Å²) in [6.07, 6.45) is 3.35. The minimum Gasteiger partial charge on any atom is -0.501 e. The molecule has 0 atom stereocenters. The van der Waals surface area contributed by atoms with E-state index in [1.54, 1.807) is 0 Å². The van der Waals surface area contributed by atoms with Crippen LogP contribution in [0.2, 0.25) is 19.6 Å². The Balaban J connectivity index is 0.000000393. The van der Waals surface area contributed by atoms with Crippen molar-refractivity contribution in [2.24, 2.45) is 0 Å². The van der Waals surface area contributed by atoms with Gasteiger partial charge in [0.2, 0.25) is 0 Å². The van der Waals surface area contributed by atoms with E-state index in [1.807, 2.05) is 78.9 Å². The summed E-state index contributed by atoms with van der Waals surface area (Å²) < 4.78 is 0. The van der Waals surface area contributed by atoms with E-state index in [1.165, 1.54) is 5.20 Å². The molecule has 0 saturated heterocycles. The summed E-state index contributed by atoms with van der Waals surface area (Å²) >= 11 is 0. The van der Waals surface area contributed by atoms with Crippen LogP contribution in [0.25, 0.3) is 0 Å². The normalized spacial score (nSPS) is 10.4. The first kappa shape index (κ1) is 22.5. The van der Waals surface area contributed by atoms with Crippen LogP contribution in [-0.4, -0.2) is 8.07 Å². The molecule has 2 heteroatoms. The smallest absolute Gasteiger partial charge is 0.00910 e. The summed E-state index contributed by atoms with van der Waals surface area (Å²) in [6.45, 7) is 10.9. The van der Waals surface area contributed by atoms with Gasteiger partial charge in [-0.2, -0.15) is 36.4 Å². The van der Waals surface area contributed by atoms with Gasteiger partial charge in [-0.05, 0) is 0 Å². The van der Waals surface area contributed by atoms with Gasteiger partial charge in [-0.25, -0.2) is 29.8 Å². The van der Waals surface area contributed by atoms with E-state index in [-0.39, 0.29) is 21.7 Å². The molecule has 0 radical (unpaired) electrons. The van der Waals surface area contributed by atoms with Crippen LogP contribution in [-0.2, 0) is 21.7 Å². The Kier molecular flexibility index (Phi) is 12.0. The van der Waals surface area contributed by atoms with E-state index >= 15 is 0 Å². The Morgan fingerprint density at radius 2 is 1.21 bits per heavy atom.